The van der Waals surface area contributed by atoms with Crippen molar-refractivity contribution in [1.29, 1.82) is 0 Å². The van der Waals surface area contributed by atoms with Crippen LogP contribution in [0.15, 0.2) is 0 Å². The lowest BCUT2D eigenvalue weighted by Gasteiger charge is -2.35. The lowest BCUT2D eigenvalue weighted by Crippen LogP contribution is -2.43. The number of nitrogens with one attached hydrogen (secondary N) is 1. The molecule has 0 aromatic heterocycles. The van der Waals surface area contributed by atoms with Gasteiger partial charge in [0.1, 0.15) is 0 Å². The molecule has 0 amide bonds. The monoisotopic (exact) mass is 214 g/mol. The van der Waals surface area contributed by atoms with Crippen LogP contribution in [-0.4, -0.2) is 36.1 Å². The number of rotatable bonds is 7. The normalized spacial score (nSPS) is 12.8. The molecule has 2 nitrogen and oxygen atoms in total. The molecular formula is C13H30N2. The predicted octanol–water partition coefficient (Wildman–Crippen LogP) is 2.89. The summed E-state index contributed by atoms with van der Waals surface area (Å²) in [5, 5.41) is 3.47. The van der Waals surface area contributed by atoms with Crippen LogP contribution in [0.3, 0.4) is 0 Å². The van der Waals surface area contributed by atoms with E-state index in [0.29, 0.717) is 11.6 Å². The summed E-state index contributed by atoms with van der Waals surface area (Å²) >= 11 is 0. The molecular weight excluding hydrogens is 184 g/mol. The summed E-state index contributed by atoms with van der Waals surface area (Å²) in [5.74, 6) is 0. The molecule has 15 heavy (non-hydrogen) atoms. The molecule has 0 saturated heterocycles. The van der Waals surface area contributed by atoms with Gasteiger partial charge in [-0.25, -0.2) is 0 Å². The van der Waals surface area contributed by atoms with Crippen molar-refractivity contribution in [3.63, 3.8) is 0 Å². The van der Waals surface area contributed by atoms with Crippen molar-refractivity contribution in [3.05, 3.63) is 0 Å². The summed E-state index contributed by atoms with van der Waals surface area (Å²) < 4.78 is 0. The molecule has 0 spiro atoms. The summed E-state index contributed by atoms with van der Waals surface area (Å²) in [5.41, 5.74) is 0.313. The minimum atomic E-state index is 0.313. The van der Waals surface area contributed by atoms with E-state index >= 15 is 0 Å². The molecule has 0 rings (SSSR count). The topological polar surface area (TPSA) is 15.3 Å². The van der Waals surface area contributed by atoms with Crippen LogP contribution in [0.1, 0.15) is 54.4 Å². The van der Waals surface area contributed by atoms with Crippen LogP contribution in [0.5, 0.6) is 0 Å². The van der Waals surface area contributed by atoms with Gasteiger partial charge >= 0.3 is 0 Å². The van der Waals surface area contributed by atoms with Gasteiger partial charge in [0.05, 0.1) is 0 Å². The van der Waals surface area contributed by atoms with Gasteiger partial charge in [-0.1, -0.05) is 20.8 Å². The van der Waals surface area contributed by atoms with Crippen molar-refractivity contribution in [2.45, 2.75) is 66.0 Å². The van der Waals surface area contributed by atoms with E-state index < -0.39 is 0 Å². The number of nitrogens with zero attached hydrogens (tertiary/aromatic N) is 1. The molecule has 0 aromatic carbocycles. The molecule has 0 bridgehead atoms. The SMILES string of the molecule is CCCN(CCCNC(C)C)C(C)(C)C. The third-order valence-electron chi connectivity index (χ3n) is 2.60. The van der Waals surface area contributed by atoms with Crippen LogP contribution in [0.2, 0.25) is 0 Å². The van der Waals surface area contributed by atoms with Crippen molar-refractivity contribution < 1.29 is 0 Å². The van der Waals surface area contributed by atoms with E-state index in [4.69, 9.17) is 0 Å². The van der Waals surface area contributed by atoms with Gasteiger partial charge in [-0.15, -0.1) is 0 Å². The van der Waals surface area contributed by atoms with Crippen LogP contribution in [0, 0.1) is 0 Å². The van der Waals surface area contributed by atoms with Gasteiger partial charge in [0, 0.05) is 11.6 Å². The van der Waals surface area contributed by atoms with E-state index in [1.807, 2.05) is 0 Å². The fourth-order valence-corrected chi connectivity index (χ4v) is 1.71. The second-order valence-corrected chi connectivity index (χ2v) is 5.62. The molecule has 0 radical (unpaired) electrons. The van der Waals surface area contributed by atoms with Crippen LogP contribution < -0.4 is 5.32 Å². The van der Waals surface area contributed by atoms with Crippen molar-refractivity contribution in [2.24, 2.45) is 0 Å². The zero-order valence-electron chi connectivity index (χ0n) is 11.6. The number of hydrogen-bond donors (Lipinski definition) is 1. The van der Waals surface area contributed by atoms with Gasteiger partial charge in [0.2, 0.25) is 0 Å². The molecule has 2 heteroatoms. The third-order valence-corrected chi connectivity index (χ3v) is 2.60. The van der Waals surface area contributed by atoms with E-state index in [2.05, 4.69) is 51.8 Å². The fraction of sp³-hybridized carbons (Fsp3) is 1.00. The highest BCUT2D eigenvalue weighted by Crippen LogP contribution is 2.13. The minimum absolute atomic E-state index is 0.313. The Bertz CT molecular complexity index is 147. The van der Waals surface area contributed by atoms with E-state index in [1.165, 1.54) is 25.9 Å². The van der Waals surface area contributed by atoms with E-state index in [-0.39, 0.29) is 0 Å². The first-order valence-corrected chi connectivity index (χ1v) is 6.36. The molecule has 0 unspecified atom stereocenters. The van der Waals surface area contributed by atoms with Gasteiger partial charge in [-0.05, 0) is 53.2 Å². The molecule has 0 saturated carbocycles. The highest BCUT2D eigenvalue weighted by atomic mass is 15.2. The molecule has 0 aliphatic heterocycles. The fourth-order valence-electron chi connectivity index (χ4n) is 1.71. The Morgan fingerprint density at radius 1 is 1.13 bits per heavy atom. The van der Waals surface area contributed by atoms with E-state index in [9.17, 15) is 0 Å². The Labute approximate surface area is 96.4 Å². The van der Waals surface area contributed by atoms with Crippen LogP contribution in [0.25, 0.3) is 0 Å². The molecule has 0 fully saturated rings. The minimum Gasteiger partial charge on any atom is -0.314 e. The Morgan fingerprint density at radius 2 is 1.73 bits per heavy atom. The predicted molar refractivity (Wildman–Crippen MR) is 69.4 cm³/mol. The quantitative estimate of drug-likeness (QED) is 0.656. The molecule has 0 heterocycles. The van der Waals surface area contributed by atoms with E-state index in [0.717, 1.165) is 6.54 Å². The average Bonchev–Trinajstić information content (AvgIpc) is 2.08. The first-order chi connectivity index (χ1) is 6.88. The maximum Gasteiger partial charge on any atom is 0.0125 e. The lowest BCUT2D eigenvalue weighted by molar-refractivity contribution is 0.134. The molecule has 1 N–H and O–H groups in total. The van der Waals surface area contributed by atoms with Crippen LogP contribution >= 0.6 is 0 Å². The van der Waals surface area contributed by atoms with Crippen molar-refractivity contribution in [2.75, 3.05) is 19.6 Å². The molecule has 0 aliphatic rings. The van der Waals surface area contributed by atoms with Gasteiger partial charge in [-0.2, -0.15) is 0 Å². The molecule has 0 aromatic rings. The molecule has 0 aliphatic carbocycles. The average molecular weight is 214 g/mol. The highest BCUT2D eigenvalue weighted by Gasteiger charge is 2.19. The van der Waals surface area contributed by atoms with Gasteiger partial charge in [0.15, 0.2) is 0 Å². The maximum atomic E-state index is 3.47. The van der Waals surface area contributed by atoms with Crippen LogP contribution in [0.4, 0.5) is 0 Å². The Balaban J connectivity index is 3.77. The third kappa shape index (κ3) is 7.80. The second-order valence-electron chi connectivity index (χ2n) is 5.62. The zero-order valence-corrected chi connectivity index (χ0v) is 11.6. The molecule has 0 atom stereocenters. The summed E-state index contributed by atoms with van der Waals surface area (Å²) in [7, 11) is 0. The smallest absolute Gasteiger partial charge is 0.0125 e. The van der Waals surface area contributed by atoms with E-state index in [1.54, 1.807) is 0 Å². The summed E-state index contributed by atoms with van der Waals surface area (Å²) in [6, 6.07) is 0.610. The zero-order chi connectivity index (χ0) is 11.9. The lowest BCUT2D eigenvalue weighted by atomic mass is 10.1. The number of hydrogen-bond acceptors (Lipinski definition) is 2. The second kappa shape index (κ2) is 7.24. The Hall–Kier alpha value is -0.0800. The van der Waals surface area contributed by atoms with Crippen LogP contribution in [-0.2, 0) is 0 Å². The standard InChI is InChI=1S/C13H30N2/c1-7-10-15(13(4,5)6)11-8-9-14-12(2)3/h12,14H,7-11H2,1-6H3. The maximum absolute atomic E-state index is 3.47. The Kier molecular flexibility index (Phi) is 7.20. The van der Waals surface area contributed by atoms with Gasteiger partial charge in [0.25, 0.3) is 0 Å². The summed E-state index contributed by atoms with van der Waals surface area (Å²) in [4.78, 5) is 2.58. The largest absolute Gasteiger partial charge is 0.314 e. The van der Waals surface area contributed by atoms with Gasteiger partial charge < -0.3 is 5.32 Å². The Morgan fingerprint density at radius 3 is 2.13 bits per heavy atom. The highest BCUT2D eigenvalue weighted by molar-refractivity contribution is 4.75. The van der Waals surface area contributed by atoms with Crippen molar-refractivity contribution in [3.8, 4) is 0 Å². The summed E-state index contributed by atoms with van der Waals surface area (Å²) in [6.07, 6.45) is 2.49. The molecule has 92 valence electrons. The first kappa shape index (κ1) is 14.9. The van der Waals surface area contributed by atoms with Crippen molar-refractivity contribution in [1.82, 2.24) is 10.2 Å². The van der Waals surface area contributed by atoms with Crippen molar-refractivity contribution >= 4 is 0 Å². The van der Waals surface area contributed by atoms with Gasteiger partial charge in [-0.3, -0.25) is 4.90 Å². The summed E-state index contributed by atoms with van der Waals surface area (Å²) in [6.45, 7) is 17.1. The first-order valence-electron chi connectivity index (χ1n) is 6.36.